The Morgan fingerprint density at radius 2 is 2.03 bits per heavy atom. The molecule has 3 rings (SSSR count). The Labute approximate surface area is 171 Å². The van der Waals surface area contributed by atoms with Gasteiger partial charge in [0.15, 0.2) is 5.65 Å². The van der Waals surface area contributed by atoms with Gasteiger partial charge in [0, 0.05) is 12.2 Å². The van der Waals surface area contributed by atoms with Gasteiger partial charge in [-0.1, -0.05) is 20.8 Å². The van der Waals surface area contributed by atoms with Crippen LogP contribution in [0.25, 0.3) is 11.0 Å². The van der Waals surface area contributed by atoms with Gasteiger partial charge in [-0.25, -0.2) is 14.8 Å². The second-order valence-electron chi connectivity index (χ2n) is 6.72. The van der Waals surface area contributed by atoms with Crippen LogP contribution in [-0.4, -0.2) is 31.2 Å². The maximum Gasteiger partial charge on any atom is 0.329 e. The number of amides is 1. The first-order chi connectivity index (χ1) is 13.8. The molecule has 8 nitrogen and oxygen atoms in total. The standard InChI is InChI=1S/C20H23N5O3S/c1-5-25-17-16(19(27)24-20(25)28)13(9-14(23-17)11(3)4)18(26)22-12-7-8-15(21-10-12)29-6-2/h7-11H,5-6H2,1-4H3,(H,22,26)(H,24,27,28). The van der Waals surface area contributed by atoms with E-state index in [4.69, 9.17) is 0 Å². The third-order valence-electron chi connectivity index (χ3n) is 4.41. The van der Waals surface area contributed by atoms with Gasteiger partial charge < -0.3 is 5.32 Å². The van der Waals surface area contributed by atoms with Crippen LogP contribution in [0.15, 0.2) is 39.0 Å². The third kappa shape index (κ3) is 4.24. The second-order valence-corrected chi connectivity index (χ2v) is 8.01. The summed E-state index contributed by atoms with van der Waals surface area (Å²) in [6, 6.07) is 5.20. The predicted molar refractivity (Wildman–Crippen MR) is 115 cm³/mol. The third-order valence-corrected chi connectivity index (χ3v) is 5.23. The Bertz CT molecular complexity index is 1170. The van der Waals surface area contributed by atoms with Gasteiger partial charge in [-0.15, -0.1) is 11.8 Å². The van der Waals surface area contributed by atoms with E-state index >= 15 is 0 Å². The van der Waals surface area contributed by atoms with E-state index in [-0.39, 0.29) is 22.5 Å². The summed E-state index contributed by atoms with van der Waals surface area (Å²) in [5, 5.41) is 3.75. The molecule has 3 aromatic rings. The van der Waals surface area contributed by atoms with Gasteiger partial charge in [-0.05, 0) is 36.8 Å². The van der Waals surface area contributed by atoms with E-state index in [2.05, 4.69) is 20.3 Å². The van der Waals surface area contributed by atoms with Crippen molar-refractivity contribution in [3.63, 3.8) is 0 Å². The number of aryl methyl sites for hydroxylation is 1. The van der Waals surface area contributed by atoms with Gasteiger partial charge in [0.25, 0.3) is 11.5 Å². The van der Waals surface area contributed by atoms with E-state index in [0.29, 0.717) is 17.9 Å². The van der Waals surface area contributed by atoms with Crippen LogP contribution in [0.2, 0.25) is 0 Å². The fourth-order valence-electron chi connectivity index (χ4n) is 2.95. The van der Waals surface area contributed by atoms with Gasteiger partial charge in [-0.2, -0.15) is 0 Å². The highest BCUT2D eigenvalue weighted by Crippen LogP contribution is 2.21. The molecule has 3 aromatic heterocycles. The summed E-state index contributed by atoms with van der Waals surface area (Å²) in [6.07, 6.45) is 1.58. The highest BCUT2D eigenvalue weighted by atomic mass is 32.2. The van der Waals surface area contributed by atoms with Crippen molar-refractivity contribution in [3.8, 4) is 0 Å². The van der Waals surface area contributed by atoms with Crippen molar-refractivity contribution in [1.82, 2.24) is 19.5 Å². The fourth-order valence-corrected chi connectivity index (χ4v) is 3.53. The molecule has 2 N–H and O–H groups in total. The highest BCUT2D eigenvalue weighted by molar-refractivity contribution is 7.99. The smallest absolute Gasteiger partial charge is 0.321 e. The molecule has 152 valence electrons. The summed E-state index contributed by atoms with van der Waals surface area (Å²) in [5.74, 6) is 0.461. The minimum atomic E-state index is -0.629. The number of rotatable bonds is 6. The maximum absolute atomic E-state index is 13.0. The van der Waals surface area contributed by atoms with Crippen LogP contribution in [0.3, 0.4) is 0 Å². The van der Waals surface area contributed by atoms with Crippen molar-refractivity contribution in [3.05, 3.63) is 56.5 Å². The Morgan fingerprint density at radius 3 is 2.62 bits per heavy atom. The quantitative estimate of drug-likeness (QED) is 0.601. The SMILES string of the molecule is CCSc1ccc(NC(=O)c2cc(C(C)C)nc3c2c(=O)[nH]c(=O)n3CC)cn1. The van der Waals surface area contributed by atoms with Gasteiger partial charge in [0.1, 0.15) is 0 Å². The summed E-state index contributed by atoms with van der Waals surface area (Å²) in [6.45, 7) is 8.01. The molecule has 3 heterocycles. The summed E-state index contributed by atoms with van der Waals surface area (Å²) in [7, 11) is 0. The molecule has 0 spiro atoms. The number of thioether (sulfide) groups is 1. The first-order valence-corrected chi connectivity index (χ1v) is 10.4. The Morgan fingerprint density at radius 1 is 1.28 bits per heavy atom. The largest absolute Gasteiger partial charge is 0.329 e. The van der Waals surface area contributed by atoms with Crippen LogP contribution < -0.4 is 16.6 Å². The Hall–Kier alpha value is -2.94. The molecule has 0 saturated heterocycles. The van der Waals surface area contributed by atoms with Crippen molar-refractivity contribution in [2.75, 3.05) is 11.1 Å². The van der Waals surface area contributed by atoms with Crippen LogP contribution in [0, 0.1) is 0 Å². The first kappa shape index (κ1) is 20.8. The first-order valence-electron chi connectivity index (χ1n) is 9.43. The molecule has 0 aliphatic carbocycles. The minimum absolute atomic E-state index is 0.0117. The lowest BCUT2D eigenvalue weighted by molar-refractivity contribution is 0.102. The Balaban J connectivity index is 2.13. The summed E-state index contributed by atoms with van der Waals surface area (Å²) in [5.41, 5.74) is 0.363. The van der Waals surface area contributed by atoms with Crippen LogP contribution >= 0.6 is 11.8 Å². The molecule has 0 unspecified atom stereocenters. The van der Waals surface area contributed by atoms with Gasteiger partial charge in [0.2, 0.25) is 0 Å². The molecule has 9 heteroatoms. The zero-order chi connectivity index (χ0) is 21.1. The maximum atomic E-state index is 13.0. The zero-order valence-electron chi connectivity index (χ0n) is 16.8. The number of H-pyrrole nitrogens is 1. The molecule has 0 radical (unpaired) electrons. The number of anilines is 1. The molecule has 29 heavy (non-hydrogen) atoms. The van der Waals surface area contributed by atoms with Crippen LogP contribution in [0.1, 0.15) is 49.7 Å². The minimum Gasteiger partial charge on any atom is -0.321 e. The number of hydrogen-bond acceptors (Lipinski definition) is 6. The van der Waals surface area contributed by atoms with Crippen LogP contribution in [0.4, 0.5) is 5.69 Å². The fraction of sp³-hybridized carbons (Fsp3) is 0.350. The zero-order valence-corrected chi connectivity index (χ0v) is 17.6. The molecule has 0 fully saturated rings. The number of carbonyl (C=O) groups excluding carboxylic acids is 1. The summed E-state index contributed by atoms with van der Waals surface area (Å²) < 4.78 is 1.36. The average molecular weight is 414 g/mol. The van der Waals surface area contributed by atoms with Crippen molar-refractivity contribution >= 4 is 34.4 Å². The summed E-state index contributed by atoms with van der Waals surface area (Å²) in [4.78, 5) is 48.8. The monoisotopic (exact) mass is 413 g/mol. The number of hydrogen-bond donors (Lipinski definition) is 2. The molecule has 0 saturated carbocycles. The molecular weight excluding hydrogens is 390 g/mol. The topological polar surface area (TPSA) is 110 Å². The number of aromatic nitrogens is 4. The number of pyridine rings is 2. The highest BCUT2D eigenvalue weighted by Gasteiger charge is 2.20. The number of nitrogens with zero attached hydrogens (tertiary/aromatic N) is 3. The average Bonchev–Trinajstić information content (AvgIpc) is 2.69. The lowest BCUT2D eigenvalue weighted by Gasteiger charge is -2.14. The van der Waals surface area contributed by atoms with E-state index < -0.39 is 17.2 Å². The van der Waals surface area contributed by atoms with E-state index in [9.17, 15) is 14.4 Å². The van der Waals surface area contributed by atoms with Crippen molar-refractivity contribution in [2.24, 2.45) is 0 Å². The molecule has 0 bridgehead atoms. The number of carbonyl (C=O) groups is 1. The van der Waals surface area contributed by atoms with Gasteiger partial charge in [-0.3, -0.25) is 19.1 Å². The van der Waals surface area contributed by atoms with E-state index in [1.165, 1.54) is 4.57 Å². The number of aromatic amines is 1. The van der Waals surface area contributed by atoms with Gasteiger partial charge >= 0.3 is 5.69 Å². The summed E-state index contributed by atoms with van der Waals surface area (Å²) >= 11 is 1.60. The molecule has 0 aromatic carbocycles. The molecule has 0 atom stereocenters. The number of nitrogens with one attached hydrogen (secondary N) is 2. The molecule has 1 amide bonds. The second kappa shape index (κ2) is 8.60. The Kier molecular flexibility index (Phi) is 6.17. The number of fused-ring (bicyclic) bond motifs is 1. The van der Waals surface area contributed by atoms with Crippen LogP contribution in [-0.2, 0) is 6.54 Å². The van der Waals surface area contributed by atoms with E-state index in [0.717, 1.165) is 10.8 Å². The molecular formula is C20H23N5O3S. The van der Waals surface area contributed by atoms with E-state index in [1.54, 1.807) is 37.0 Å². The van der Waals surface area contributed by atoms with Crippen molar-refractivity contribution in [1.29, 1.82) is 0 Å². The van der Waals surface area contributed by atoms with Crippen LogP contribution in [0.5, 0.6) is 0 Å². The van der Waals surface area contributed by atoms with Gasteiger partial charge in [0.05, 0.1) is 27.9 Å². The predicted octanol–water partition coefficient (Wildman–Crippen LogP) is 2.99. The normalized spacial score (nSPS) is 11.2. The lowest BCUT2D eigenvalue weighted by atomic mass is 10.0. The van der Waals surface area contributed by atoms with Crippen molar-refractivity contribution < 1.29 is 4.79 Å². The van der Waals surface area contributed by atoms with Crippen molar-refractivity contribution in [2.45, 2.75) is 45.2 Å². The molecule has 0 aliphatic heterocycles. The van der Waals surface area contributed by atoms with E-state index in [1.807, 2.05) is 26.8 Å². The lowest BCUT2D eigenvalue weighted by Crippen LogP contribution is -2.32. The molecule has 0 aliphatic rings.